The Morgan fingerprint density at radius 2 is 2.08 bits per heavy atom. The topological polar surface area (TPSA) is 63.8 Å². The van der Waals surface area contributed by atoms with E-state index in [4.69, 9.17) is 21.7 Å². The van der Waals surface area contributed by atoms with Crippen molar-refractivity contribution in [2.45, 2.75) is 37.6 Å². The lowest BCUT2D eigenvalue weighted by molar-refractivity contribution is 0.105. The summed E-state index contributed by atoms with van der Waals surface area (Å²) in [6, 6.07) is 6.07. The first-order valence-electron chi connectivity index (χ1n) is 8.84. The van der Waals surface area contributed by atoms with E-state index in [1.54, 1.807) is 6.20 Å². The highest BCUT2D eigenvalue weighted by molar-refractivity contribution is 6.34. The van der Waals surface area contributed by atoms with Gasteiger partial charge in [0.15, 0.2) is 0 Å². The monoisotopic (exact) mass is 354 g/mol. The zero-order chi connectivity index (χ0) is 17.0. The van der Waals surface area contributed by atoms with Crippen molar-refractivity contribution in [3.8, 4) is 11.3 Å². The maximum atomic E-state index is 9.25. The highest BCUT2D eigenvalue weighted by Gasteiger charge is 2.34. The number of halogens is 1. The standard InChI is InChI=1S/C19H19ClN4O/c20-15-2-1-3-16-19(15)21-8-17(22-16)14-9-24(13-6-11(7-13)10-25)23-18(14)12-4-5-12/h1-3,8-9,11-13,25H,4-7,10H2/t11-,13-. The van der Waals surface area contributed by atoms with Gasteiger partial charge in [-0.15, -0.1) is 0 Å². The number of aliphatic hydroxyl groups is 1. The van der Waals surface area contributed by atoms with Crippen LogP contribution in [0.1, 0.15) is 43.3 Å². The van der Waals surface area contributed by atoms with Crippen molar-refractivity contribution in [1.29, 1.82) is 0 Å². The minimum atomic E-state index is 0.275. The number of hydrogen-bond donors (Lipinski definition) is 1. The molecular weight excluding hydrogens is 336 g/mol. The predicted octanol–water partition coefficient (Wildman–Crippen LogP) is 3.97. The zero-order valence-corrected chi connectivity index (χ0v) is 14.5. The third-order valence-corrected chi connectivity index (χ3v) is 5.67. The van der Waals surface area contributed by atoms with E-state index in [-0.39, 0.29) is 6.61 Å². The average Bonchev–Trinajstić information content (AvgIpc) is 3.34. The molecule has 0 aliphatic heterocycles. The van der Waals surface area contributed by atoms with Gasteiger partial charge in [0.05, 0.1) is 34.2 Å². The predicted molar refractivity (Wildman–Crippen MR) is 96.6 cm³/mol. The summed E-state index contributed by atoms with van der Waals surface area (Å²) < 4.78 is 2.08. The summed E-state index contributed by atoms with van der Waals surface area (Å²) in [5.74, 6) is 0.964. The molecule has 2 aliphatic carbocycles. The number of benzene rings is 1. The molecule has 2 heterocycles. The van der Waals surface area contributed by atoms with E-state index in [1.165, 1.54) is 12.8 Å². The molecule has 2 fully saturated rings. The molecule has 0 bridgehead atoms. The number of rotatable bonds is 4. The van der Waals surface area contributed by atoms with Crippen LogP contribution in [0.15, 0.2) is 30.6 Å². The molecule has 2 aliphatic rings. The van der Waals surface area contributed by atoms with Crippen LogP contribution in [-0.2, 0) is 0 Å². The second-order valence-electron chi connectivity index (χ2n) is 7.22. The molecule has 1 N–H and O–H groups in total. The van der Waals surface area contributed by atoms with Gasteiger partial charge < -0.3 is 5.11 Å². The number of fused-ring (bicyclic) bond motifs is 1. The lowest BCUT2D eigenvalue weighted by atomic mass is 9.81. The molecule has 0 spiro atoms. The molecule has 0 saturated heterocycles. The maximum Gasteiger partial charge on any atom is 0.107 e. The average molecular weight is 355 g/mol. The molecule has 25 heavy (non-hydrogen) atoms. The summed E-state index contributed by atoms with van der Waals surface area (Å²) in [5.41, 5.74) is 4.63. The number of aromatic nitrogens is 4. The highest BCUT2D eigenvalue weighted by Crippen LogP contribution is 2.45. The third-order valence-electron chi connectivity index (χ3n) is 5.37. The molecule has 128 valence electrons. The summed E-state index contributed by atoms with van der Waals surface area (Å²) in [4.78, 5) is 9.31. The van der Waals surface area contributed by atoms with E-state index in [2.05, 4.69) is 15.9 Å². The molecule has 2 aromatic heterocycles. The Kier molecular flexibility index (Phi) is 3.54. The number of nitrogens with zero attached hydrogens (tertiary/aromatic N) is 4. The van der Waals surface area contributed by atoms with Gasteiger partial charge in [-0.25, -0.2) is 4.98 Å². The van der Waals surface area contributed by atoms with E-state index in [0.717, 1.165) is 40.8 Å². The summed E-state index contributed by atoms with van der Waals surface area (Å²) in [7, 11) is 0. The lowest BCUT2D eigenvalue weighted by Crippen LogP contribution is -2.29. The first kappa shape index (κ1) is 15.3. The SMILES string of the molecule is OC[C@H]1C[C@H](n2cc(-c3cnc4c(Cl)cccc4n3)c(C3CC3)n2)C1. The van der Waals surface area contributed by atoms with Gasteiger partial charge in [0.1, 0.15) is 5.52 Å². The maximum absolute atomic E-state index is 9.25. The number of para-hydroxylation sites is 1. The van der Waals surface area contributed by atoms with Crippen LogP contribution in [0.25, 0.3) is 22.3 Å². The number of hydrogen-bond acceptors (Lipinski definition) is 4. The van der Waals surface area contributed by atoms with Gasteiger partial charge in [0, 0.05) is 24.3 Å². The molecule has 0 atom stereocenters. The van der Waals surface area contributed by atoms with E-state index < -0.39 is 0 Å². The largest absolute Gasteiger partial charge is 0.396 e. The first-order valence-corrected chi connectivity index (χ1v) is 9.22. The van der Waals surface area contributed by atoms with Crippen LogP contribution in [-0.4, -0.2) is 31.5 Å². The fourth-order valence-electron chi connectivity index (χ4n) is 3.65. The van der Waals surface area contributed by atoms with E-state index >= 15 is 0 Å². The minimum absolute atomic E-state index is 0.275. The highest BCUT2D eigenvalue weighted by atomic mass is 35.5. The molecule has 1 aromatic carbocycles. The van der Waals surface area contributed by atoms with Gasteiger partial charge in [0.2, 0.25) is 0 Å². The van der Waals surface area contributed by atoms with E-state index in [9.17, 15) is 5.11 Å². The van der Waals surface area contributed by atoms with Gasteiger partial charge >= 0.3 is 0 Å². The Bertz CT molecular complexity index is 944. The van der Waals surface area contributed by atoms with Gasteiger partial charge in [0.25, 0.3) is 0 Å². The third kappa shape index (κ3) is 2.62. The Labute approximate surface area is 150 Å². The molecule has 0 radical (unpaired) electrons. The van der Waals surface area contributed by atoms with Crippen LogP contribution in [0.2, 0.25) is 5.02 Å². The molecular formula is C19H19ClN4O. The van der Waals surface area contributed by atoms with Gasteiger partial charge in [-0.05, 0) is 43.7 Å². The Morgan fingerprint density at radius 1 is 1.24 bits per heavy atom. The van der Waals surface area contributed by atoms with Crippen LogP contribution >= 0.6 is 11.6 Å². The first-order chi connectivity index (χ1) is 12.2. The van der Waals surface area contributed by atoms with Crippen molar-refractivity contribution >= 4 is 22.6 Å². The normalized spacial score (nSPS) is 23.0. The Hall–Kier alpha value is -1.98. The molecule has 0 amide bonds. The summed E-state index contributed by atoms with van der Waals surface area (Å²) in [6.45, 7) is 0.275. The van der Waals surface area contributed by atoms with Crippen molar-refractivity contribution < 1.29 is 5.11 Å². The molecule has 5 nitrogen and oxygen atoms in total. The number of aliphatic hydroxyl groups excluding tert-OH is 1. The van der Waals surface area contributed by atoms with Crippen molar-refractivity contribution in [3.63, 3.8) is 0 Å². The lowest BCUT2D eigenvalue weighted by Gasteiger charge is -2.34. The van der Waals surface area contributed by atoms with Crippen molar-refractivity contribution in [2.75, 3.05) is 6.61 Å². The molecule has 3 aromatic rings. The molecule has 2 saturated carbocycles. The van der Waals surface area contributed by atoms with Crippen LogP contribution < -0.4 is 0 Å². The summed E-state index contributed by atoms with van der Waals surface area (Å²) >= 11 is 6.21. The van der Waals surface area contributed by atoms with Crippen molar-refractivity contribution in [3.05, 3.63) is 41.3 Å². The zero-order valence-electron chi connectivity index (χ0n) is 13.8. The van der Waals surface area contributed by atoms with Crippen LogP contribution in [0, 0.1) is 5.92 Å². The van der Waals surface area contributed by atoms with Crippen LogP contribution in [0.5, 0.6) is 0 Å². The fraction of sp³-hybridized carbons (Fsp3) is 0.421. The van der Waals surface area contributed by atoms with E-state index in [0.29, 0.717) is 22.9 Å². The van der Waals surface area contributed by atoms with E-state index in [1.807, 2.05) is 18.2 Å². The van der Waals surface area contributed by atoms with Crippen LogP contribution in [0.4, 0.5) is 0 Å². The smallest absolute Gasteiger partial charge is 0.107 e. The van der Waals surface area contributed by atoms with Crippen molar-refractivity contribution in [2.24, 2.45) is 5.92 Å². The minimum Gasteiger partial charge on any atom is -0.396 e. The quantitative estimate of drug-likeness (QED) is 0.770. The second-order valence-corrected chi connectivity index (χ2v) is 7.63. The molecule has 5 rings (SSSR count). The summed E-state index contributed by atoms with van der Waals surface area (Å²) in [6.07, 6.45) is 8.31. The second kappa shape index (κ2) is 5.78. The summed E-state index contributed by atoms with van der Waals surface area (Å²) in [5, 5.41) is 14.8. The van der Waals surface area contributed by atoms with Crippen molar-refractivity contribution in [1.82, 2.24) is 19.7 Å². The van der Waals surface area contributed by atoms with Gasteiger partial charge in [-0.2, -0.15) is 5.10 Å². The van der Waals surface area contributed by atoms with Gasteiger partial charge in [-0.1, -0.05) is 17.7 Å². The Morgan fingerprint density at radius 3 is 2.84 bits per heavy atom. The molecule has 0 unspecified atom stereocenters. The Balaban J connectivity index is 1.55. The molecule has 6 heteroatoms. The van der Waals surface area contributed by atoms with Crippen LogP contribution in [0.3, 0.4) is 0 Å². The van der Waals surface area contributed by atoms with Gasteiger partial charge in [-0.3, -0.25) is 9.67 Å². The fourth-order valence-corrected chi connectivity index (χ4v) is 3.87.